The van der Waals surface area contributed by atoms with E-state index in [1.807, 2.05) is 0 Å². The minimum Gasteiger partial charge on any atom is -0.344 e. The van der Waals surface area contributed by atoms with E-state index in [0.717, 1.165) is 34.1 Å². The van der Waals surface area contributed by atoms with Crippen LogP contribution in [-0.2, 0) is 14.1 Å². The molecule has 0 unspecified atom stereocenters. The minimum absolute atomic E-state index is 1.12. The van der Waals surface area contributed by atoms with Gasteiger partial charge in [-0.25, -0.2) is 0 Å². The van der Waals surface area contributed by atoms with E-state index in [0.29, 0.717) is 0 Å². The second-order valence-corrected chi connectivity index (χ2v) is 15.9. The van der Waals surface area contributed by atoms with Crippen LogP contribution in [0.4, 0.5) is 34.1 Å². The highest BCUT2D eigenvalue weighted by Crippen LogP contribution is 2.45. The second kappa shape index (κ2) is 13.4. The van der Waals surface area contributed by atoms with E-state index in [1.165, 1.54) is 75.9 Å². The Morgan fingerprint density at radius 2 is 0.617 bits per heavy atom. The number of hydrogen-bond donors (Lipinski definition) is 0. The first kappa shape index (κ1) is 34.2. The van der Waals surface area contributed by atoms with Crippen LogP contribution in [0.5, 0.6) is 0 Å². The molecule has 0 bridgehead atoms. The molecule has 0 saturated heterocycles. The Morgan fingerprint density at radius 1 is 0.267 bits per heavy atom. The number of aryl methyl sites for hydroxylation is 2. The number of benzene rings is 10. The van der Waals surface area contributed by atoms with Crippen LogP contribution < -0.4 is 9.80 Å². The molecule has 0 aliphatic rings. The van der Waals surface area contributed by atoms with Crippen molar-refractivity contribution in [1.82, 2.24) is 9.13 Å². The lowest BCUT2D eigenvalue weighted by Crippen LogP contribution is -2.09. The number of rotatable bonds is 6. The number of nitrogens with zero attached hydrogens (tertiary/aromatic N) is 4. The Kier molecular flexibility index (Phi) is 7.63. The summed E-state index contributed by atoms with van der Waals surface area (Å²) in [6.07, 6.45) is 0. The first-order chi connectivity index (χ1) is 29.6. The molecule has 12 rings (SSSR count). The average Bonchev–Trinajstić information content (AvgIpc) is 3.76. The van der Waals surface area contributed by atoms with Crippen LogP contribution in [0.1, 0.15) is 0 Å². The molecule has 0 spiro atoms. The molecule has 0 fully saturated rings. The summed E-state index contributed by atoms with van der Waals surface area (Å²) >= 11 is 0. The molecule has 10 aromatic carbocycles. The third-order valence-electron chi connectivity index (χ3n) is 12.6. The quantitative estimate of drug-likeness (QED) is 0.167. The van der Waals surface area contributed by atoms with Gasteiger partial charge in [0.15, 0.2) is 0 Å². The molecule has 0 atom stereocenters. The van der Waals surface area contributed by atoms with Gasteiger partial charge in [-0.2, -0.15) is 0 Å². The van der Waals surface area contributed by atoms with Crippen molar-refractivity contribution in [2.75, 3.05) is 9.80 Å². The van der Waals surface area contributed by atoms with Gasteiger partial charge >= 0.3 is 0 Å². The average molecular weight is 769 g/mol. The maximum atomic E-state index is 2.37. The maximum Gasteiger partial charge on any atom is 0.0509 e. The molecule has 2 aromatic heterocycles. The van der Waals surface area contributed by atoms with Gasteiger partial charge in [0.1, 0.15) is 0 Å². The van der Waals surface area contributed by atoms with Gasteiger partial charge in [0.05, 0.1) is 11.0 Å². The van der Waals surface area contributed by atoms with E-state index in [-0.39, 0.29) is 0 Å². The van der Waals surface area contributed by atoms with Gasteiger partial charge in [0.2, 0.25) is 0 Å². The van der Waals surface area contributed by atoms with Crippen LogP contribution in [0.2, 0.25) is 0 Å². The van der Waals surface area contributed by atoms with E-state index in [2.05, 4.69) is 239 Å². The molecule has 0 N–H and O–H groups in total. The van der Waals surface area contributed by atoms with E-state index >= 15 is 0 Å². The van der Waals surface area contributed by atoms with Crippen molar-refractivity contribution >= 4 is 110 Å². The predicted molar refractivity (Wildman–Crippen MR) is 256 cm³/mol. The fourth-order valence-corrected chi connectivity index (χ4v) is 9.74. The van der Waals surface area contributed by atoms with Gasteiger partial charge < -0.3 is 18.9 Å². The van der Waals surface area contributed by atoms with E-state index in [9.17, 15) is 0 Å². The molecule has 0 amide bonds. The van der Waals surface area contributed by atoms with Crippen LogP contribution >= 0.6 is 0 Å². The number of aromatic nitrogens is 2. The number of para-hydroxylation sites is 2. The summed E-state index contributed by atoms with van der Waals surface area (Å²) < 4.78 is 4.73. The predicted octanol–water partition coefficient (Wildman–Crippen LogP) is 15.4. The van der Waals surface area contributed by atoms with Crippen LogP contribution in [0.3, 0.4) is 0 Å². The second-order valence-electron chi connectivity index (χ2n) is 15.9. The highest BCUT2D eigenvalue weighted by atomic mass is 15.1. The molecule has 4 heteroatoms. The summed E-state index contributed by atoms with van der Waals surface area (Å²) in [5.74, 6) is 0. The standard InChI is InChI=1S/C56H40N4/c1-57-51-31-29-48-47(55(51)49-27-25-45(35-53(49)57)59(41-17-5-3-6-18-41)43-23-21-37-13-9-11-15-39(37)33-43)30-32-52-56(48)50-28-26-46(36-54(50)58(52)2)60(42-19-7-4-8-20-42)44-24-22-38-14-10-12-16-40(38)34-44/h3-36H,1-2H3. The normalized spacial score (nSPS) is 11.8. The lowest BCUT2D eigenvalue weighted by molar-refractivity contribution is 1.01. The highest BCUT2D eigenvalue weighted by molar-refractivity contribution is 6.29. The van der Waals surface area contributed by atoms with Gasteiger partial charge in [-0.15, -0.1) is 0 Å². The molecule has 0 radical (unpaired) electrons. The van der Waals surface area contributed by atoms with Crippen molar-refractivity contribution in [2.24, 2.45) is 14.1 Å². The van der Waals surface area contributed by atoms with Gasteiger partial charge in [-0.1, -0.05) is 121 Å². The zero-order valence-electron chi connectivity index (χ0n) is 33.4. The summed E-state index contributed by atoms with van der Waals surface area (Å²) in [5, 5.41) is 12.5. The molecule has 0 saturated carbocycles. The third kappa shape index (κ3) is 5.24. The SMILES string of the molecule is Cn1c2cc(N(c3ccccc3)c3ccc4ccccc4c3)ccc2c2c3ccc4c(c3ccc21)c1ccc(N(c2ccccc2)c2ccc3ccccc3c2)cc1n4C. The molecular weight excluding hydrogens is 729 g/mol. The summed E-state index contributed by atoms with van der Waals surface area (Å²) in [6.45, 7) is 0. The molecule has 4 nitrogen and oxygen atoms in total. The zero-order chi connectivity index (χ0) is 39.9. The first-order valence-electron chi connectivity index (χ1n) is 20.6. The van der Waals surface area contributed by atoms with Crippen molar-refractivity contribution in [3.63, 3.8) is 0 Å². The maximum absolute atomic E-state index is 2.37. The Hall–Kier alpha value is -7.82. The lowest BCUT2D eigenvalue weighted by Gasteiger charge is -2.26. The topological polar surface area (TPSA) is 16.3 Å². The monoisotopic (exact) mass is 768 g/mol. The highest BCUT2D eigenvalue weighted by Gasteiger charge is 2.21. The van der Waals surface area contributed by atoms with Crippen molar-refractivity contribution in [1.29, 1.82) is 0 Å². The Labute approximate surface area is 348 Å². The smallest absolute Gasteiger partial charge is 0.0509 e. The van der Waals surface area contributed by atoms with Gasteiger partial charge in [0, 0.05) is 80.8 Å². The summed E-state index contributed by atoms with van der Waals surface area (Å²) in [7, 11) is 4.41. The van der Waals surface area contributed by atoms with E-state index < -0.39 is 0 Å². The van der Waals surface area contributed by atoms with Gasteiger partial charge in [-0.05, 0) is 117 Å². The van der Waals surface area contributed by atoms with Crippen molar-refractivity contribution in [3.8, 4) is 0 Å². The third-order valence-corrected chi connectivity index (χ3v) is 12.6. The van der Waals surface area contributed by atoms with Crippen molar-refractivity contribution in [2.45, 2.75) is 0 Å². The van der Waals surface area contributed by atoms with Crippen molar-refractivity contribution < 1.29 is 0 Å². The van der Waals surface area contributed by atoms with E-state index in [1.54, 1.807) is 0 Å². The molecule has 0 aliphatic heterocycles. The van der Waals surface area contributed by atoms with Crippen molar-refractivity contribution in [3.05, 3.63) is 206 Å². The molecule has 12 aromatic rings. The lowest BCUT2D eigenvalue weighted by atomic mass is 9.99. The molecule has 60 heavy (non-hydrogen) atoms. The minimum atomic E-state index is 1.12. The molecule has 284 valence electrons. The number of hydrogen-bond acceptors (Lipinski definition) is 2. The molecular formula is C56H40N4. The molecule has 2 heterocycles. The van der Waals surface area contributed by atoms with Crippen LogP contribution in [0.15, 0.2) is 206 Å². The summed E-state index contributed by atoms with van der Waals surface area (Å²) in [4.78, 5) is 4.74. The summed E-state index contributed by atoms with van der Waals surface area (Å²) in [5.41, 5.74) is 11.6. The fraction of sp³-hybridized carbons (Fsp3) is 0.0357. The first-order valence-corrected chi connectivity index (χ1v) is 20.6. The van der Waals surface area contributed by atoms with Gasteiger partial charge in [-0.3, -0.25) is 0 Å². The molecule has 0 aliphatic carbocycles. The fourth-order valence-electron chi connectivity index (χ4n) is 9.74. The zero-order valence-corrected chi connectivity index (χ0v) is 33.4. The van der Waals surface area contributed by atoms with E-state index in [4.69, 9.17) is 0 Å². The van der Waals surface area contributed by atoms with Gasteiger partial charge in [0.25, 0.3) is 0 Å². The number of fused-ring (bicyclic) bond motifs is 11. The Bertz CT molecular complexity index is 3390. The van der Waals surface area contributed by atoms with Crippen LogP contribution in [0, 0.1) is 0 Å². The summed E-state index contributed by atoms with van der Waals surface area (Å²) in [6, 6.07) is 75.3. The van der Waals surface area contributed by atoms with Crippen LogP contribution in [-0.4, -0.2) is 9.13 Å². The number of anilines is 6. The largest absolute Gasteiger partial charge is 0.344 e. The van der Waals surface area contributed by atoms with Crippen LogP contribution in [0.25, 0.3) is 75.9 Å². The Balaban J connectivity index is 1.02. The Morgan fingerprint density at radius 3 is 1.05 bits per heavy atom.